The lowest BCUT2D eigenvalue weighted by Gasteiger charge is -2.27. The summed E-state index contributed by atoms with van der Waals surface area (Å²) in [6.07, 6.45) is 2.00. The Kier molecular flexibility index (Phi) is 6.15. The number of carbonyl (C=O) groups excluding carboxylic acids is 1. The Balaban J connectivity index is 3.15. The predicted molar refractivity (Wildman–Crippen MR) is 76.4 cm³/mol. The number of nitrogen functional groups attached to an aromatic ring is 1. The van der Waals surface area contributed by atoms with E-state index < -0.39 is 5.97 Å². The van der Waals surface area contributed by atoms with Crippen molar-refractivity contribution >= 4 is 17.3 Å². The highest BCUT2D eigenvalue weighted by molar-refractivity contribution is 5.99. The molecule has 5 nitrogen and oxygen atoms in total. The number of aliphatic hydroxyl groups is 1. The predicted octanol–water partition coefficient (Wildman–Crippen LogP) is 1.65. The highest BCUT2D eigenvalue weighted by Crippen LogP contribution is 2.28. The largest absolute Gasteiger partial charge is 0.465 e. The first-order valence-corrected chi connectivity index (χ1v) is 6.48. The maximum atomic E-state index is 11.8. The summed E-state index contributed by atoms with van der Waals surface area (Å²) < 4.78 is 4.78. The van der Waals surface area contributed by atoms with E-state index in [1.54, 1.807) is 18.2 Å². The number of hydrogen-bond acceptors (Lipinski definition) is 5. The molecule has 0 radical (unpaired) electrons. The zero-order chi connectivity index (χ0) is 14.3. The molecule has 0 fully saturated rings. The highest BCUT2D eigenvalue weighted by atomic mass is 16.5. The molecule has 106 valence electrons. The van der Waals surface area contributed by atoms with E-state index in [-0.39, 0.29) is 6.61 Å². The van der Waals surface area contributed by atoms with Gasteiger partial charge < -0.3 is 20.5 Å². The number of hydrogen-bond donors (Lipinski definition) is 2. The first-order valence-electron chi connectivity index (χ1n) is 6.48. The van der Waals surface area contributed by atoms with Crippen LogP contribution in [0.4, 0.5) is 11.4 Å². The molecule has 0 saturated carbocycles. The molecule has 0 aliphatic heterocycles. The van der Waals surface area contributed by atoms with Crippen molar-refractivity contribution in [1.82, 2.24) is 0 Å². The number of para-hydroxylation sites is 1. The Hall–Kier alpha value is -1.75. The molecule has 0 atom stereocenters. The van der Waals surface area contributed by atoms with Crippen LogP contribution >= 0.6 is 0 Å². The number of methoxy groups -OCH3 is 1. The maximum Gasteiger partial charge on any atom is 0.340 e. The molecule has 19 heavy (non-hydrogen) atoms. The number of aliphatic hydroxyl groups excluding tert-OH is 1. The van der Waals surface area contributed by atoms with Gasteiger partial charge in [-0.05, 0) is 18.6 Å². The van der Waals surface area contributed by atoms with Gasteiger partial charge in [-0.15, -0.1) is 0 Å². The van der Waals surface area contributed by atoms with E-state index in [4.69, 9.17) is 10.5 Å². The summed E-state index contributed by atoms with van der Waals surface area (Å²) in [5.74, 6) is -0.415. The van der Waals surface area contributed by atoms with Gasteiger partial charge in [0.2, 0.25) is 0 Å². The van der Waals surface area contributed by atoms with Gasteiger partial charge in [0.05, 0.1) is 30.7 Å². The quantitative estimate of drug-likeness (QED) is 0.580. The lowest BCUT2D eigenvalue weighted by Crippen LogP contribution is -2.30. The minimum atomic E-state index is -0.415. The topological polar surface area (TPSA) is 75.8 Å². The van der Waals surface area contributed by atoms with Crippen LogP contribution in [0.2, 0.25) is 0 Å². The van der Waals surface area contributed by atoms with Crippen molar-refractivity contribution < 1.29 is 14.6 Å². The van der Waals surface area contributed by atoms with Crippen molar-refractivity contribution in [2.75, 3.05) is 37.4 Å². The normalized spacial score (nSPS) is 10.3. The van der Waals surface area contributed by atoms with Crippen molar-refractivity contribution in [3.8, 4) is 0 Å². The van der Waals surface area contributed by atoms with E-state index in [1.165, 1.54) is 7.11 Å². The van der Waals surface area contributed by atoms with Gasteiger partial charge in [-0.25, -0.2) is 4.79 Å². The van der Waals surface area contributed by atoms with E-state index in [0.29, 0.717) is 23.5 Å². The molecule has 1 aromatic rings. The van der Waals surface area contributed by atoms with Gasteiger partial charge in [-0.3, -0.25) is 0 Å². The fourth-order valence-corrected chi connectivity index (χ4v) is 1.99. The molecule has 0 aliphatic rings. The minimum Gasteiger partial charge on any atom is -0.465 e. The fraction of sp³-hybridized carbons (Fsp3) is 0.500. The number of benzene rings is 1. The van der Waals surface area contributed by atoms with Gasteiger partial charge in [0.25, 0.3) is 0 Å². The number of ether oxygens (including phenoxy) is 1. The summed E-state index contributed by atoms with van der Waals surface area (Å²) in [4.78, 5) is 13.7. The molecule has 0 heterocycles. The number of carbonyl (C=O) groups is 1. The fourth-order valence-electron chi connectivity index (χ4n) is 1.99. The van der Waals surface area contributed by atoms with Crippen LogP contribution in [0.25, 0.3) is 0 Å². The van der Waals surface area contributed by atoms with E-state index >= 15 is 0 Å². The zero-order valence-corrected chi connectivity index (χ0v) is 11.6. The second kappa shape index (κ2) is 7.63. The third-order valence-corrected chi connectivity index (χ3v) is 2.94. The average molecular weight is 266 g/mol. The molecule has 3 N–H and O–H groups in total. The second-order valence-corrected chi connectivity index (χ2v) is 4.30. The molecule has 0 bridgehead atoms. The third kappa shape index (κ3) is 3.86. The van der Waals surface area contributed by atoms with Gasteiger partial charge in [-0.1, -0.05) is 19.4 Å². The summed E-state index contributed by atoms with van der Waals surface area (Å²) in [7, 11) is 1.34. The van der Waals surface area contributed by atoms with Gasteiger partial charge in [0.1, 0.15) is 0 Å². The Morgan fingerprint density at radius 3 is 2.74 bits per heavy atom. The Labute approximate surface area is 114 Å². The van der Waals surface area contributed by atoms with Crippen molar-refractivity contribution in [2.24, 2.45) is 0 Å². The smallest absolute Gasteiger partial charge is 0.340 e. The molecule has 0 unspecified atom stereocenters. The van der Waals surface area contributed by atoms with Crippen molar-refractivity contribution in [2.45, 2.75) is 19.8 Å². The standard InChI is InChI=1S/C14H22N2O3/c1-3-4-8-16(9-10-17)13-11(14(18)19-2)6-5-7-12(13)15/h5-7,17H,3-4,8-10,15H2,1-2H3. The number of anilines is 2. The van der Waals surface area contributed by atoms with Crippen molar-refractivity contribution in [3.05, 3.63) is 23.8 Å². The van der Waals surface area contributed by atoms with Crippen LogP contribution < -0.4 is 10.6 Å². The number of unbranched alkanes of at least 4 members (excludes halogenated alkanes) is 1. The number of nitrogens with zero attached hydrogens (tertiary/aromatic N) is 1. The minimum absolute atomic E-state index is 0.0126. The maximum absolute atomic E-state index is 11.8. The monoisotopic (exact) mass is 266 g/mol. The number of rotatable bonds is 7. The molecular weight excluding hydrogens is 244 g/mol. The van der Waals surface area contributed by atoms with E-state index in [1.807, 2.05) is 4.90 Å². The van der Waals surface area contributed by atoms with Crippen molar-refractivity contribution in [3.63, 3.8) is 0 Å². The first-order chi connectivity index (χ1) is 9.15. The molecular formula is C14H22N2O3. The molecule has 0 aliphatic carbocycles. The highest BCUT2D eigenvalue weighted by Gasteiger charge is 2.19. The molecule has 0 spiro atoms. The Bertz CT molecular complexity index is 421. The summed E-state index contributed by atoms with van der Waals surface area (Å²) in [5, 5.41) is 9.18. The second-order valence-electron chi connectivity index (χ2n) is 4.30. The SMILES string of the molecule is CCCCN(CCO)c1c(N)cccc1C(=O)OC. The molecule has 0 amide bonds. The number of nitrogens with two attached hydrogens (primary N) is 1. The average Bonchev–Trinajstić information content (AvgIpc) is 2.42. The van der Waals surface area contributed by atoms with E-state index in [9.17, 15) is 9.90 Å². The molecule has 0 saturated heterocycles. The van der Waals surface area contributed by atoms with E-state index in [2.05, 4.69) is 6.92 Å². The van der Waals surface area contributed by atoms with Gasteiger partial charge in [0.15, 0.2) is 0 Å². The molecule has 1 aromatic carbocycles. The molecule has 5 heteroatoms. The summed E-state index contributed by atoms with van der Waals surface area (Å²) in [6, 6.07) is 5.16. The van der Waals surface area contributed by atoms with Crippen LogP contribution in [0, 0.1) is 0 Å². The summed E-state index contributed by atoms with van der Waals surface area (Å²) >= 11 is 0. The Morgan fingerprint density at radius 2 is 2.16 bits per heavy atom. The summed E-state index contributed by atoms with van der Waals surface area (Å²) in [5.41, 5.74) is 7.59. The molecule has 1 rings (SSSR count). The first kappa shape index (κ1) is 15.3. The Morgan fingerprint density at radius 1 is 1.42 bits per heavy atom. The van der Waals surface area contributed by atoms with Crippen LogP contribution in [-0.4, -0.2) is 37.9 Å². The third-order valence-electron chi connectivity index (χ3n) is 2.94. The van der Waals surface area contributed by atoms with Crippen LogP contribution in [-0.2, 0) is 4.74 Å². The zero-order valence-electron chi connectivity index (χ0n) is 11.6. The lowest BCUT2D eigenvalue weighted by molar-refractivity contribution is 0.0601. The lowest BCUT2D eigenvalue weighted by atomic mass is 10.1. The van der Waals surface area contributed by atoms with Gasteiger partial charge in [-0.2, -0.15) is 0 Å². The van der Waals surface area contributed by atoms with Crippen LogP contribution in [0.1, 0.15) is 30.1 Å². The van der Waals surface area contributed by atoms with Gasteiger partial charge in [0, 0.05) is 13.1 Å². The van der Waals surface area contributed by atoms with Crippen LogP contribution in [0.3, 0.4) is 0 Å². The van der Waals surface area contributed by atoms with Crippen LogP contribution in [0.5, 0.6) is 0 Å². The van der Waals surface area contributed by atoms with E-state index in [0.717, 1.165) is 19.4 Å². The molecule has 0 aromatic heterocycles. The van der Waals surface area contributed by atoms with Crippen LogP contribution in [0.15, 0.2) is 18.2 Å². The van der Waals surface area contributed by atoms with Gasteiger partial charge >= 0.3 is 5.97 Å². The van der Waals surface area contributed by atoms with Crippen molar-refractivity contribution in [1.29, 1.82) is 0 Å². The number of esters is 1. The summed E-state index contributed by atoms with van der Waals surface area (Å²) in [6.45, 7) is 3.29.